The van der Waals surface area contributed by atoms with Crippen molar-refractivity contribution in [2.45, 2.75) is 45.0 Å². The number of benzene rings is 1. The fourth-order valence-electron chi connectivity index (χ4n) is 1.72. The number of ether oxygens (including phenoxy) is 1. The summed E-state index contributed by atoms with van der Waals surface area (Å²) in [6, 6.07) is 5.70. The van der Waals surface area contributed by atoms with E-state index in [0.29, 0.717) is 0 Å². The molecule has 0 saturated carbocycles. The summed E-state index contributed by atoms with van der Waals surface area (Å²) in [4.78, 5) is 11.4. The molecule has 0 heterocycles. The summed E-state index contributed by atoms with van der Waals surface area (Å²) in [7, 11) is 0. The minimum atomic E-state index is -1.34. The summed E-state index contributed by atoms with van der Waals surface area (Å²) in [6.07, 6.45) is -3.05. The van der Waals surface area contributed by atoms with E-state index in [1.54, 1.807) is 26.8 Å². The number of carbonyl (C=O) groups is 1. The van der Waals surface area contributed by atoms with Crippen molar-refractivity contribution in [3.63, 3.8) is 0 Å². The third-order valence-electron chi connectivity index (χ3n) is 2.70. The van der Waals surface area contributed by atoms with Crippen LogP contribution in [-0.2, 0) is 4.74 Å². The number of nitrogens with one attached hydrogen (secondary N) is 1. The molecule has 0 radical (unpaired) electrons. The zero-order valence-corrected chi connectivity index (χ0v) is 12.5. The van der Waals surface area contributed by atoms with Gasteiger partial charge < -0.3 is 20.3 Å². The Kier molecular flexibility index (Phi) is 6.11. The highest BCUT2D eigenvalue weighted by Gasteiger charge is 2.22. The maximum absolute atomic E-state index is 13.5. The van der Waals surface area contributed by atoms with Gasteiger partial charge in [-0.3, -0.25) is 0 Å². The molecule has 6 heteroatoms. The van der Waals surface area contributed by atoms with Gasteiger partial charge in [-0.2, -0.15) is 0 Å². The first kappa shape index (κ1) is 17.4. The quantitative estimate of drug-likeness (QED) is 0.778. The number of alkyl carbamates (subject to hydrolysis) is 1. The van der Waals surface area contributed by atoms with Crippen LogP contribution in [0.15, 0.2) is 24.3 Å². The Labute approximate surface area is 123 Å². The molecule has 0 aliphatic rings. The summed E-state index contributed by atoms with van der Waals surface area (Å²) in [5, 5.41) is 22.2. The highest BCUT2D eigenvalue weighted by atomic mass is 19.1. The number of aliphatic hydroxyl groups is 2. The van der Waals surface area contributed by atoms with Crippen LogP contribution in [0, 0.1) is 5.82 Å². The molecule has 0 spiro atoms. The van der Waals surface area contributed by atoms with Gasteiger partial charge in [0.25, 0.3) is 0 Å². The van der Waals surface area contributed by atoms with Crippen LogP contribution in [0.5, 0.6) is 0 Å². The van der Waals surface area contributed by atoms with Crippen molar-refractivity contribution in [3.8, 4) is 0 Å². The van der Waals surface area contributed by atoms with E-state index in [-0.39, 0.29) is 18.5 Å². The van der Waals surface area contributed by atoms with Crippen molar-refractivity contribution in [1.82, 2.24) is 5.32 Å². The smallest absolute Gasteiger partial charge is 0.407 e. The van der Waals surface area contributed by atoms with Gasteiger partial charge in [0.1, 0.15) is 17.5 Å². The van der Waals surface area contributed by atoms with Gasteiger partial charge in [-0.25, -0.2) is 9.18 Å². The first-order valence-corrected chi connectivity index (χ1v) is 6.78. The lowest BCUT2D eigenvalue weighted by atomic mass is 10.0. The van der Waals surface area contributed by atoms with E-state index in [9.17, 15) is 19.4 Å². The Morgan fingerprint density at radius 2 is 1.95 bits per heavy atom. The molecule has 0 aliphatic heterocycles. The predicted molar refractivity (Wildman–Crippen MR) is 76.2 cm³/mol. The Morgan fingerprint density at radius 3 is 2.52 bits per heavy atom. The third kappa shape index (κ3) is 6.10. The van der Waals surface area contributed by atoms with Crippen molar-refractivity contribution in [1.29, 1.82) is 0 Å². The highest BCUT2D eigenvalue weighted by Crippen LogP contribution is 2.21. The number of hydrogen-bond donors (Lipinski definition) is 3. The monoisotopic (exact) mass is 299 g/mol. The molecule has 0 fully saturated rings. The molecule has 1 aromatic carbocycles. The standard InChI is InChI=1S/C15H22FNO4/c1-15(2,3)21-14(20)17-9-8-12(18)13(19)10-6-4-5-7-11(10)16/h4-7,12-13,18-19H,8-9H2,1-3H3,(H,17,20). The number of amides is 1. The van der Waals surface area contributed by atoms with Crippen molar-refractivity contribution in [2.75, 3.05) is 6.54 Å². The molecule has 21 heavy (non-hydrogen) atoms. The van der Waals surface area contributed by atoms with Crippen LogP contribution in [-0.4, -0.2) is 34.6 Å². The molecule has 1 rings (SSSR count). The number of halogens is 1. The van der Waals surface area contributed by atoms with Crippen LogP contribution in [0.1, 0.15) is 38.9 Å². The van der Waals surface area contributed by atoms with Crippen LogP contribution in [0.25, 0.3) is 0 Å². The van der Waals surface area contributed by atoms with Gasteiger partial charge in [0.2, 0.25) is 0 Å². The van der Waals surface area contributed by atoms with Gasteiger partial charge in [0.15, 0.2) is 0 Å². The SMILES string of the molecule is CC(C)(C)OC(=O)NCCC(O)C(O)c1ccccc1F. The molecular weight excluding hydrogens is 277 g/mol. The summed E-state index contributed by atoms with van der Waals surface area (Å²) in [6.45, 7) is 5.33. The van der Waals surface area contributed by atoms with Gasteiger partial charge in [0, 0.05) is 12.1 Å². The summed E-state index contributed by atoms with van der Waals surface area (Å²) in [5.74, 6) is -0.579. The van der Waals surface area contributed by atoms with E-state index >= 15 is 0 Å². The molecule has 2 atom stereocenters. The Bertz CT molecular complexity index is 473. The molecule has 0 aliphatic carbocycles. The van der Waals surface area contributed by atoms with Crippen LogP contribution >= 0.6 is 0 Å². The van der Waals surface area contributed by atoms with Crippen molar-refractivity contribution >= 4 is 6.09 Å². The molecule has 118 valence electrons. The van der Waals surface area contributed by atoms with Crippen molar-refractivity contribution in [3.05, 3.63) is 35.6 Å². The summed E-state index contributed by atoms with van der Waals surface area (Å²) in [5.41, 5.74) is -0.572. The lowest BCUT2D eigenvalue weighted by Crippen LogP contribution is -2.34. The number of rotatable bonds is 5. The fraction of sp³-hybridized carbons (Fsp3) is 0.533. The summed E-state index contributed by atoms with van der Waals surface area (Å²) >= 11 is 0. The Morgan fingerprint density at radius 1 is 1.33 bits per heavy atom. The topological polar surface area (TPSA) is 78.8 Å². The van der Waals surface area contributed by atoms with E-state index in [0.717, 1.165) is 0 Å². The van der Waals surface area contributed by atoms with E-state index < -0.39 is 29.7 Å². The second-order valence-electron chi connectivity index (χ2n) is 5.75. The predicted octanol–water partition coefficient (Wildman–Crippen LogP) is 2.13. The minimum absolute atomic E-state index is 0.0299. The largest absolute Gasteiger partial charge is 0.444 e. The Hall–Kier alpha value is -1.66. The zero-order valence-electron chi connectivity index (χ0n) is 12.5. The molecule has 1 aromatic rings. The second kappa shape index (κ2) is 7.38. The minimum Gasteiger partial charge on any atom is -0.444 e. The first-order chi connectivity index (χ1) is 9.70. The molecule has 3 N–H and O–H groups in total. The van der Waals surface area contributed by atoms with E-state index in [2.05, 4.69) is 5.32 Å². The number of aliphatic hydroxyl groups excluding tert-OH is 2. The van der Waals surface area contributed by atoms with Gasteiger partial charge in [-0.1, -0.05) is 18.2 Å². The number of carbonyl (C=O) groups excluding carboxylic acids is 1. The van der Waals surface area contributed by atoms with Crippen molar-refractivity contribution in [2.24, 2.45) is 0 Å². The van der Waals surface area contributed by atoms with E-state index in [4.69, 9.17) is 4.74 Å². The molecule has 0 aromatic heterocycles. The highest BCUT2D eigenvalue weighted by molar-refractivity contribution is 5.67. The van der Waals surface area contributed by atoms with Crippen LogP contribution in [0.2, 0.25) is 0 Å². The molecule has 1 amide bonds. The molecule has 5 nitrogen and oxygen atoms in total. The normalized spacial score (nSPS) is 14.4. The summed E-state index contributed by atoms with van der Waals surface area (Å²) < 4.78 is 18.5. The number of hydrogen-bond acceptors (Lipinski definition) is 4. The van der Waals surface area contributed by atoms with Crippen molar-refractivity contribution < 1.29 is 24.1 Å². The fourth-order valence-corrected chi connectivity index (χ4v) is 1.72. The van der Waals surface area contributed by atoms with E-state index in [1.807, 2.05) is 0 Å². The third-order valence-corrected chi connectivity index (χ3v) is 2.70. The lowest BCUT2D eigenvalue weighted by Gasteiger charge is -2.21. The van der Waals surface area contributed by atoms with Gasteiger partial charge in [0.05, 0.1) is 6.10 Å². The molecule has 2 unspecified atom stereocenters. The zero-order chi connectivity index (χ0) is 16.0. The maximum atomic E-state index is 13.5. The van der Waals surface area contributed by atoms with Crippen LogP contribution in [0.3, 0.4) is 0 Å². The molecular formula is C15H22FNO4. The van der Waals surface area contributed by atoms with Gasteiger partial charge >= 0.3 is 6.09 Å². The lowest BCUT2D eigenvalue weighted by molar-refractivity contribution is 0.0104. The average Bonchev–Trinajstić information content (AvgIpc) is 2.36. The van der Waals surface area contributed by atoms with Gasteiger partial charge in [-0.15, -0.1) is 0 Å². The van der Waals surface area contributed by atoms with Crippen LogP contribution < -0.4 is 5.32 Å². The first-order valence-electron chi connectivity index (χ1n) is 6.78. The van der Waals surface area contributed by atoms with Gasteiger partial charge in [-0.05, 0) is 33.3 Å². The average molecular weight is 299 g/mol. The molecule has 0 bridgehead atoms. The van der Waals surface area contributed by atoms with E-state index in [1.165, 1.54) is 18.2 Å². The maximum Gasteiger partial charge on any atom is 0.407 e. The van der Waals surface area contributed by atoms with Crippen LogP contribution in [0.4, 0.5) is 9.18 Å². The second-order valence-corrected chi connectivity index (χ2v) is 5.75. The molecule has 0 saturated heterocycles. The Balaban J connectivity index is 2.42.